The van der Waals surface area contributed by atoms with E-state index in [1.165, 1.54) is 28.7 Å². The monoisotopic (exact) mass is 285 g/mol. The summed E-state index contributed by atoms with van der Waals surface area (Å²) in [6.45, 7) is 2.10. The molecule has 3 rings (SSSR count). The quantitative estimate of drug-likeness (QED) is 0.863. The van der Waals surface area contributed by atoms with Crippen LogP contribution in [0.3, 0.4) is 0 Å². The number of halogens is 1. The Hall–Kier alpha value is -1.31. The lowest BCUT2D eigenvalue weighted by Gasteiger charge is -2.33. The lowest BCUT2D eigenvalue weighted by atomic mass is 9.74. The van der Waals surface area contributed by atoms with Crippen molar-refractivity contribution in [3.8, 4) is 0 Å². The minimum atomic E-state index is 0.366. The van der Waals surface area contributed by atoms with Gasteiger partial charge in [0.05, 0.1) is 0 Å². The molecule has 0 fully saturated rings. The van der Waals surface area contributed by atoms with E-state index >= 15 is 0 Å². The van der Waals surface area contributed by atoms with Crippen molar-refractivity contribution in [1.82, 2.24) is 5.32 Å². The molecule has 0 aromatic heterocycles. The maximum Gasteiger partial charge on any atom is 0.0411 e. The standard InChI is InChI=1S/C18H20ClN/c1-12-7-15(10-16(19)8-12)18(20-2)11-14-9-13-5-3-4-6-17(13)14/h3-8,10,14,18,20H,9,11H2,1-2H3. The highest BCUT2D eigenvalue weighted by Gasteiger charge is 2.28. The topological polar surface area (TPSA) is 12.0 Å². The maximum absolute atomic E-state index is 6.19. The van der Waals surface area contributed by atoms with E-state index in [0.717, 1.165) is 11.4 Å². The average Bonchev–Trinajstić information content (AvgIpc) is 2.39. The van der Waals surface area contributed by atoms with Crippen molar-refractivity contribution >= 4 is 11.6 Å². The van der Waals surface area contributed by atoms with Crippen LogP contribution < -0.4 is 5.32 Å². The Morgan fingerprint density at radius 1 is 1.25 bits per heavy atom. The van der Waals surface area contributed by atoms with E-state index in [9.17, 15) is 0 Å². The van der Waals surface area contributed by atoms with Crippen molar-refractivity contribution in [2.45, 2.75) is 31.7 Å². The predicted octanol–water partition coefficient (Wildman–Crippen LogP) is 4.64. The Bertz CT molecular complexity index is 600. The molecule has 1 aliphatic carbocycles. The molecule has 2 aromatic rings. The molecule has 1 N–H and O–H groups in total. The number of hydrogen-bond acceptors (Lipinski definition) is 1. The summed E-state index contributed by atoms with van der Waals surface area (Å²) < 4.78 is 0. The fourth-order valence-electron chi connectivity index (χ4n) is 3.24. The largest absolute Gasteiger partial charge is 0.313 e. The SMILES string of the molecule is CNC(CC1Cc2ccccc21)c1cc(C)cc(Cl)c1. The number of rotatable bonds is 4. The third-order valence-corrected chi connectivity index (χ3v) is 4.51. The molecule has 2 unspecified atom stereocenters. The summed E-state index contributed by atoms with van der Waals surface area (Å²) in [5.41, 5.74) is 5.55. The third-order valence-electron chi connectivity index (χ3n) is 4.30. The number of benzene rings is 2. The molecule has 20 heavy (non-hydrogen) atoms. The van der Waals surface area contributed by atoms with Gasteiger partial charge >= 0.3 is 0 Å². The Labute approximate surface area is 126 Å². The zero-order chi connectivity index (χ0) is 14.1. The molecule has 1 nitrogen and oxygen atoms in total. The molecule has 0 saturated carbocycles. The van der Waals surface area contributed by atoms with Gasteiger partial charge in [-0.25, -0.2) is 0 Å². The molecule has 0 radical (unpaired) electrons. The van der Waals surface area contributed by atoms with Crippen molar-refractivity contribution in [3.63, 3.8) is 0 Å². The first-order valence-electron chi connectivity index (χ1n) is 7.19. The van der Waals surface area contributed by atoms with Crippen molar-refractivity contribution in [2.75, 3.05) is 7.05 Å². The third kappa shape index (κ3) is 2.61. The lowest BCUT2D eigenvalue weighted by molar-refractivity contribution is 0.452. The fourth-order valence-corrected chi connectivity index (χ4v) is 3.54. The smallest absolute Gasteiger partial charge is 0.0411 e. The highest BCUT2D eigenvalue weighted by Crippen LogP contribution is 2.40. The van der Waals surface area contributed by atoms with Gasteiger partial charge in [-0.3, -0.25) is 0 Å². The molecule has 0 bridgehead atoms. The lowest BCUT2D eigenvalue weighted by Crippen LogP contribution is -2.25. The molecule has 0 amide bonds. The molecule has 2 atom stereocenters. The molecular weight excluding hydrogens is 266 g/mol. The van der Waals surface area contributed by atoms with Gasteiger partial charge in [0, 0.05) is 11.1 Å². The Kier molecular flexibility index (Phi) is 3.82. The van der Waals surface area contributed by atoms with E-state index < -0.39 is 0 Å². The molecule has 0 spiro atoms. The zero-order valence-electron chi connectivity index (χ0n) is 12.0. The number of hydrogen-bond donors (Lipinski definition) is 1. The van der Waals surface area contributed by atoms with E-state index in [-0.39, 0.29) is 0 Å². The Morgan fingerprint density at radius 2 is 2.05 bits per heavy atom. The van der Waals surface area contributed by atoms with Gasteiger partial charge < -0.3 is 5.32 Å². The van der Waals surface area contributed by atoms with Crippen LogP contribution in [0.2, 0.25) is 5.02 Å². The Morgan fingerprint density at radius 3 is 2.75 bits per heavy atom. The summed E-state index contributed by atoms with van der Waals surface area (Å²) in [5.74, 6) is 0.669. The van der Waals surface area contributed by atoms with Gasteiger partial charge in [0.15, 0.2) is 0 Å². The summed E-state index contributed by atoms with van der Waals surface area (Å²) in [6.07, 6.45) is 2.33. The van der Waals surface area contributed by atoms with Crippen LogP contribution in [0.5, 0.6) is 0 Å². The van der Waals surface area contributed by atoms with Crippen molar-refractivity contribution in [2.24, 2.45) is 0 Å². The Balaban J connectivity index is 1.79. The first-order valence-corrected chi connectivity index (χ1v) is 7.57. The van der Waals surface area contributed by atoms with Crippen LogP contribution in [0.15, 0.2) is 42.5 Å². The van der Waals surface area contributed by atoms with Crippen LogP contribution in [0.25, 0.3) is 0 Å². The minimum absolute atomic E-state index is 0.366. The van der Waals surface area contributed by atoms with Gasteiger partial charge in [-0.05, 0) is 67.1 Å². The molecule has 104 valence electrons. The van der Waals surface area contributed by atoms with Gasteiger partial charge in [0.2, 0.25) is 0 Å². The van der Waals surface area contributed by atoms with Crippen LogP contribution >= 0.6 is 11.6 Å². The maximum atomic E-state index is 6.19. The van der Waals surface area contributed by atoms with E-state index in [1.54, 1.807) is 0 Å². The highest BCUT2D eigenvalue weighted by molar-refractivity contribution is 6.30. The van der Waals surface area contributed by atoms with E-state index in [1.807, 2.05) is 13.1 Å². The fraction of sp³-hybridized carbons (Fsp3) is 0.333. The first-order chi connectivity index (χ1) is 9.67. The molecule has 2 heteroatoms. The first kappa shape index (κ1) is 13.7. The summed E-state index contributed by atoms with van der Waals surface area (Å²) >= 11 is 6.19. The van der Waals surface area contributed by atoms with E-state index in [0.29, 0.717) is 12.0 Å². The van der Waals surface area contributed by atoms with Gasteiger partial charge in [-0.15, -0.1) is 0 Å². The molecule has 1 aliphatic rings. The molecule has 0 saturated heterocycles. The van der Waals surface area contributed by atoms with Crippen LogP contribution in [-0.4, -0.2) is 7.05 Å². The highest BCUT2D eigenvalue weighted by atomic mass is 35.5. The molecular formula is C18H20ClN. The van der Waals surface area contributed by atoms with E-state index in [2.05, 4.69) is 48.6 Å². The second-order valence-corrected chi connectivity index (χ2v) is 6.18. The molecule has 2 aromatic carbocycles. The summed E-state index contributed by atoms with van der Waals surface area (Å²) in [4.78, 5) is 0. The molecule has 0 aliphatic heterocycles. The van der Waals surface area contributed by atoms with Crippen LogP contribution in [0, 0.1) is 6.92 Å². The van der Waals surface area contributed by atoms with E-state index in [4.69, 9.17) is 11.6 Å². The van der Waals surface area contributed by atoms with Crippen molar-refractivity contribution in [3.05, 3.63) is 69.7 Å². The minimum Gasteiger partial charge on any atom is -0.313 e. The molecule has 0 heterocycles. The summed E-state index contributed by atoms with van der Waals surface area (Å²) in [6, 6.07) is 15.5. The van der Waals surface area contributed by atoms with Gasteiger partial charge in [0.1, 0.15) is 0 Å². The van der Waals surface area contributed by atoms with Crippen molar-refractivity contribution < 1.29 is 0 Å². The normalized spacial score (nSPS) is 18.2. The van der Waals surface area contributed by atoms with Gasteiger partial charge in [-0.1, -0.05) is 41.9 Å². The van der Waals surface area contributed by atoms with Crippen LogP contribution in [-0.2, 0) is 6.42 Å². The van der Waals surface area contributed by atoms with Gasteiger partial charge in [-0.2, -0.15) is 0 Å². The predicted molar refractivity (Wildman–Crippen MR) is 85.5 cm³/mol. The van der Waals surface area contributed by atoms with Crippen molar-refractivity contribution in [1.29, 1.82) is 0 Å². The number of aryl methyl sites for hydroxylation is 1. The number of fused-ring (bicyclic) bond motifs is 1. The second kappa shape index (κ2) is 5.59. The van der Waals surface area contributed by atoms with Gasteiger partial charge in [0.25, 0.3) is 0 Å². The van der Waals surface area contributed by atoms with Crippen LogP contribution in [0.4, 0.5) is 0 Å². The summed E-state index contributed by atoms with van der Waals surface area (Å²) in [5, 5.41) is 4.27. The second-order valence-electron chi connectivity index (χ2n) is 5.74. The zero-order valence-corrected chi connectivity index (χ0v) is 12.7. The van der Waals surface area contributed by atoms with Crippen LogP contribution in [0.1, 0.15) is 40.6 Å². The summed E-state index contributed by atoms with van der Waals surface area (Å²) in [7, 11) is 2.03. The number of nitrogens with one attached hydrogen (secondary N) is 1. The average molecular weight is 286 g/mol.